The highest BCUT2D eigenvalue weighted by molar-refractivity contribution is 5.86. The van der Waals surface area contributed by atoms with E-state index in [4.69, 9.17) is 14.4 Å². The van der Waals surface area contributed by atoms with Gasteiger partial charge < -0.3 is 14.4 Å². The number of aromatic carboxylic acids is 1. The van der Waals surface area contributed by atoms with Gasteiger partial charge in [0.1, 0.15) is 0 Å². The number of carboxylic acid groups (broad SMARTS) is 1. The summed E-state index contributed by atoms with van der Waals surface area (Å²) in [6.45, 7) is 0. The minimum atomic E-state index is -1.10. The molecule has 1 aromatic heterocycles. The number of benzene rings is 1. The molecule has 1 aromatic carbocycles. The average Bonchev–Trinajstić information content (AvgIpc) is 3.07. The molecule has 3 rings (SSSR count). The number of hydrogen-bond donors (Lipinski definition) is 1. The van der Waals surface area contributed by atoms with Crippen LogP contribution < -0.4 is 0 Å². The van der Waals surface area contributed by atoms with Crippen LogP contribution in [0.25, 0.3) is 11.3 Å². The molecule has 0 radical (unpaired) electrons. The number of carbonyl (C=O) groups is 1. The molecule has 0 aliphatic heterocycles. The Balaban J connectivity index is 2.07. The van der Waals surface area contributed by atoms with Crippen molar-refractivity contribution in [2.75, 3.05) is 7.11 Å². The van der Waals surface area contributed by atoms with Gasteiger partial charge in [0.05, 0.1) is 5.60 Å². The van der Waals surface area contributed by atoms with E-state index in [-0.39, 0.29) is 11.3 Å². The molecule has 1 aliphatic rings. The number of carboxylic acids is 1. The highest BCUT2D eigenvalue weighted by atomic mass is 16.5. The summed E-state index contributed by atoms with van der Waals surface area (Å²) in [4.78, 5) is 10.8. The van der Waals surface area contributed by atoms with Crippen molar-refractivity contribution in [3.8, 4) is 11.3 Å². The first-order chi connectivity index (χ1) is 9.16. The fraction of sp³-hybridized carbons (Fsp3) is 0.286. The van der Waals surface area contributed by atoms with Crippen LogP contribution in [0.5, 0.6) is 0 Å². The molecule has 0 bridgehead atoms. The molecule has 0 amide bonds. The van der Waals surface area contributed by atoms with E-state index in [0.29, 0.717) is 5.76 Å². The molecule has 0 saturated heterocycles. The molecule has 19 heavy (non-hydrogen) atoms. The topological polar surface area (TPSA) is 72.6 Å². The first kappa shape index (κ1) is 11.9. The van der Waals surface area contributed by atoms with Crippen molar-refractivity contribution < 1.29 is 19.2 Å². The fourth-order valence-corrected chi connectivity index (χ4v) is 2.30. The van der Waals surface area contributed by atoms with Gasteiger partial charge in [0.25, 0.3) is 0 Å². The Morgan fingerprint density at radius 1 is 1.42 bits per heavy atom. The number of nitrogens with zero attached hydrogens (tertiary/aromatic N) is 1. The number of aromatic nitrogens is 1. The summed E-state index contributed by atoms with van der Waals surface area (Å²) in [5.74, 6) is -0.642. The third kappa shape index (κ3) is 1.92. The van der Waals surface area contributed by atoms with E-state index in [9.17, 15) is 4.79 Å². The van der Waals surface area contributed by atoms with Crippen LogP contribution in [0.1, 0.15) is 28.9 Å². The van der Waals surface area contributed by atoms with Crippen molar-refractivity contribution in [1.82, 2.24) is 5.16 Å². The molecule has 1 saturated carbocycles. The minimum Gasteiger partial charge on any atom is -0.476 e. The number of hydrogen-bond acceptors (Lipinski definition) is 4. The highest BCUT2D eigenvalue weighted by Crippen LogP contribution is 2.51. The Kier molecular flexibility index (Phi) is 2.64. The smallest absolute Gasteiger partial charge is 0.358 e. The zero-order chi connectivity index (χ0) is 13.5. The molecule has 98 valence electrons. The van der Waals surface area contributed by atoms with Crippen LogP contribution in [0.3, 0.4) is 0 Å². The minimum absolute atomic E-state index is 0.0907. The fourth-order valence-electron chi connectivity index (χ4n) is 2.30. The van der Waals surface area contributed by atoms with Crippen molar-refractivity contribution in [3.63, 3.8) is 0 Å². The van der Waals surface area contributed by atoms with Gasteiger partial charge in [-0.05, 0) is 18.4 Å². The van der Waals surface area contributed by atoms with Crippen LogP contribution in [0, 0.1) is 0 Å². The van der Waals surface area contributed by atoms with E-state index in [1.807, 2.05) is 24.3 Å². The molecular formula is C14H13NO4. The predicted octanol–water partition coefficient (Wildman–Crippen LogP) is 2.68. The number of methoxy groups -OCH3 is 1. The summed E-state index contributed by atoms with van der Waals surface area (Å²) >= 11 is 0. The third-order valence-electron chi connectivity index (χ3n) is 3.51. The second-order valence-corrected chi connectivity index (χ2v) is 4.63. The lowest BCUT2D eigenvalue weighted by Crippen LogP contribution is -2.10. The molecule has 0 spiro atoms. The van der Waals surface area contributed by atoms with Crippen LogP contribution in [0.15, 0.2) is 34.9 Å². The predicted molar refractivity (Wildman–Crippen MR) is 66.8 cm³/mol. The zero-order valence-electron chi connectivity index (χ0n) is 10.4. The second kappa shape index (κ2) is 4.20. The van der Waals surface area contributed by atoms with Gasteiger partial charge in [0.2, 0.25) is 0 Å². The Morgan fingerprint density at radius 2 is 2.16 bits per heavy atom. The lowest BCUT2D eigenvalue weighted by atomic mass is 9.98. The van der Waals surface area contributed by atoms with Crippen LogP contribution >= 0.6 is 0 Å². The molecule has 0 atom stereocenters. The van der Waals surface area contributed by atoms with Crippen LogP contribution in [-0.4, -0.2) is 23.3 Å². The summed E-state index contributed by atoms with van der Waals surface area (Å²) in [6.07, 6.45) is 1.92. The van der Waals surface area contributed by atoms with Gasteiger partial charge in [-0.15, -0.1) is 0 Å². The maximum Gasteiger partial charge on any atom is 0.358 e. The first-order valence-electron chi connectivity index (χ1n) is 6.01. The van der Waals surface area contributed by atoms with E-state index in [1.54, 1.807) is 7.11 Å². The molecule has 0 unspecified atom stereocenters. The Labute approximate surface area is 109 Å². The Hall–Kier alpha value is -2.14. The molecule has 1 N–H and O–H groups in total. The van der Waals surface area contributed by atoms with E-state index in [1.165, 1.54) is 6.07 Å². The van der Waals surface area contributed by atoms with Crippen molar-refractivity contribution in [3.05, 3.63) is 41.6 Å². The summed E-state index contributed by atoms with van der Waals surface area (Å²) < 4.78 is 10.7. The first-order valence-corrected chi connectivity index (χ1v) is 6.01. The van der Waals surface area contributed by atoms with Gasteiger partial charge in [-0.2, -0.15) is 0 Å². The number of rotatable bonds is 4. The van der Waals surface area contributed by atoms with E-state index in [2.05, 4.69) is 5.16 Å². The quantitative estimate of drug-likeness (QED) is 0.913. The molecule has 2 aromatic rings. The van der Waals surface area contributed by atoms with Gasteiger partial charge >= 0.3 is 5.97 Å². The third-order valence-corrected chi connectivity index (χ3v) is 3.51. The summed E-state index contributed by atoms with van der Waals surface area (Å²) in [5, 5.41) is 12.4. The van der Waals surface area contributed by atoms with Crippen LogP contribution in [-0.2, 0) is 10.3 Å². The van der Waals surface area contributed by atoms with Crippen molar-refractivity contribution in [1.29, 1.82) is 0 Å². The Bertz CT molecular complexity index is 628. The van der Waals surface area contributed by atoms with E-state index in [0.717, 1.165) is 24.0 Å². The number of ether oxygens (including phenoxy) is 1. The van der Waals surface area contributed by atoms with Gasteiger partial charge in [0, 0.05) is 18.7 Å². The second-order valence-electron chi connectivity index (χ2n) is 4.63. The highest BCUT2D eigenvalue weighted by Gasteiger charge is 2.46. The molecular weight excluding hydrogens is 246 g/mol. The van der Waals surface area contributed by atoms with Crippen LogP contribution in [0.2, 0.25) is 0 Å². The standard InChI is InChI=1S/C14H13NO4/c1-18-14(6-7-14)10-5-3-2-4-9(10)12-8-11(13(16)17)15-19-12/h2-5,8H,6-7H2,1H3,(H,16,17). The summed E-state index contributed by atoms with van der Waals surface area (Å²) in [6, 6.07) is 9.13. The summed E-state index contributed by atoms with van der Waals surface area (Å²) in [5.41, 5.74) is 1.51. The lowest BCUT2D eigenvalue weighted by molar-refractivity contribution is 0.0685. The van der Waals surface area contributed by atoms with Gasteiger partial charge in [0.15, 0.2) is 11.5 Å². The molecule has 5 heteroatoms. The average molecular weight is 259 g/mol. The van der Waals surface area contributed by atoms with Crippen molar-refractivity contribution in [2.24, 2.45) is 0 Å². The van der Waals surface area contributed by atoms with E-state index >= 15 is 0 Å². The largest absolute Gasteiger partial charge is 0.476 e. The van der Waals surface area contributed by atoms with Crippen LogP contribution in [0.4, 0.5) is 0 Å². The van der Waals surface area contributed by atoms with Crippen molar-refractivity contribution in [2.45, 2.75) is 18.4 Å². The monoisotopic (exact) mass is 259 g/mol. The molecule has 1 aliphatic carbocycles. The van der Waals surface area contributed by atoms with E-state index < -0.39 is 5.97 Å². The normalized spacial score (nSPS) is 16.3. The van der Waals surface area contributed by atoms with Gasteiger partial charge in [-0.1, -0.05) is 29.4 Å². The maximum atomic E-state index is 10.8. The molecule has 5 nitrogen and oxygen atoms in total. The SMILES string of the molecule is COC1(c2ccccc2-c2cc(C(=O)O)no2)CC1. The van der Waals surface area contributed by atoms with Crippen molar-refractivity contribution >= 4 is 5.97 Å². The lowest BCUT2D eigenvalue weighted by Gasteiger charge is -2.16. The Morgan fingerprint density at radius 3 is 2.74 bits per heavy atom. The molecule has 1 fully saturated rings. The molecule has 1 heterocycles. The maximum absolute atomic E-state index is 10.8. The summed E-state index contributed by atoms with van der Waals surface area (Å²) in [7, 11) is 1.69. The van der Waals surface area contributed by atoms with Gasteiger partial charge in [-0.3, -0.25) is 0 Å². The zero-order valence-corrected chi connectivity index (χ0v) is 10.4. The van der Waals surface area contributed by atoms with Gasteiger partial charge in [-0.25, -0.2) is 4.79 Å².